The van der Waals surface area contributed by atoms with Gasteiger partial charge in [-0.1, -0.05) is 53.5 Å². The van der Waals surface area contributed by atoms with E-state index in [1.807, 2.05) is 24.3 Å². The number of aromatic carboxylic acids is 1. The van der Waals surface area contributed by atoms with Crippen LogP contribution in [-0.4, -0.2) is 62.3 Å². The van der Waals surface area contributed by atoms with Crippen molar-refractivity contribution in [2.24, 2.45) is 0 Å². The second-order valence-corrected chi connectivity index (χ2v) is 11.4. The Balaban J connectivity index is 1.30. The summed E-state index contributed by atoms with van der Waals surface area (Å²) in [6.45, 7) is 0.473. The van der Waals surface area contributed by atoms with E-state index in [1.54, 1.807) is 24.3 Å². The molecule has 1 saturated heterocycles. The fraction of sp³-hybridized carbons (Fsp3) is 0.226. The van der Waals surface area contributed by atoms with Gasteiger partial charge in [-0.15, -0.1) is 0 Å². The number of carboxylic acids is 1. The molecule has 0 unspecified atom stereocenters. The number of nitrogens with one attached hydrogen (secondary N) is 3. The maximum absolute atomic E-state index is 14.3. The average molecular weight is 620 g/mol. The minimum absolute atomic E-state index is 0.0454. The number of carbonyl (C=O) groups is 4. The molecule has 3 aromatic carbocycles. The standard InChI is InChI=1S/C31H27Cl2N5O5/c32-21-12-11-17(14-22(21)33)34-31(43)38-16-25-20(18-6-1-3-8-23(18)35-25)15-27(38)29(40)37-13-5-10-26(37)28(39)36-24-9-4-2-7-19(24)30(41)42/h1-4,6-9,11-12,14,26-27,35H,5,10,13,15-16H2,(H,34,43)(H,36,39)(H,41,42)/t26-,27-/m1/s1. The highest BCUT2D eigenvalue weighted by molar-refractivity contribution is 6.42. The van der Waals surface area contributed by atoms with Crippen molar-refractivity contribution < 1.29 is 24.3 Å². The summed E-state index contributed by atoms with van der Waals surface area (Å²) < 4.78 is 0. The molecule has 0 saturated carbocycles. The fourth-order valence-electron chi connectivity index (χ4n) is 5.90. The number of benzene rings is 3. The topological polar surface area (TPSA) is 135 Å². The molecule has 1 aromatic heterocycles. The summed E-state index contributed by atoms with van der Waals surface area (Å²) >= 11 is 12.2. The van der Waals surface area contributed by atoms with Crippen LogP contribution in [0.5, 0.6) is 0 Å². The predicted octanol–water partition coefficient (Wildman–Crippen LogP) is 5.76. The van der Waals surface area contributed by atoms with Crippen LogP contribution in [0, 0.1) is 0 Å². The van der Waals surface area contributed by atoms with Gasteiger partial charge in [0.05, 0.1) is 27.8 Å². The number of aromatic nitrogens is 1. The Morgan fingerprint density at radius 2 is 1.65 bits per heavy atom. The summed E-state index contributed by atoms with van der Waals surface area (Å²) in [7, 11) is 0. The molecule has 3 heterocycles. The van der Waals surface area contributed by atoms with Crippen LogP contribution in [0.25, 0.3) is 10.9 Å². The van der Waals surface area contributed by atoms with E-state index in [4.69, 9.17) is 23.2 Å². The summed E-state index contributed by atoms with van der Waals surface area (Å²) in [6.07, 6.45) is 1.25. The first-order valence-electron chi connectivity index (χ1n) is 13.8. The Hall–Kier alpha value is -4.54. The maximum Gasteiger partial charge on any atom is 0.337 e. The van der Waals surface area contributed by atoms with Gasteiger partial charge in [-0.25, -0.2) is 9.59 Å². The number of urea groups is 1. The van der Waals surface area contributed by atoms with Crippen molar-refractivity contribution >= 4 is 69.3 Å². The number of hydrogen-bond donors (Lipinski definition) is 4. The molecule has 1 fully saturated rings. The first-order valence-corrected chi connectivity index (χ1v) is 14.5. The molecule has 10 nitrogen and oxygen atoms in total. The zero-order valence-electron chi connectivity index (χ0n) is 22.8. The van der Waals surface area contributed by atoms with Crippen LogP contribution in [0.2, 0.25) is 10.0 Å². The van der Waals surface area contributed by atoms with Crippen molar-refractivity contribution in [3.8, 4) is 0 Å². The van der Waals surface area contributed by atoms with Crippen LogP contribution in [0.3, 0.4) is 0 Å². The maximum atomic E-state index is 14.3. The molecule has 4 aromatic rings. The number of H-pyrrole nitrogens is 1. The van der Waals surface area contributed by atoms with Crippen LogP contribution in [0.4, 0.5) is 16.2 Å². The number of nitrogens with zero attached hydrogens (tertiary/aromatic N) is 2. The molecule has 0 spiro atoms. The summed E-state index contributed by atoms with van der Waals surface area (Å²) in [5.74, 6) is -2.00. The number of fused-ring (bicyclic) bond motifs is 3. The van der Waals surface area contributed by atoms with Crippen molar-refractivity contribution in [2.75, 3.05) is 17.2 Å². The molecule has 2 aliphatic rings. The number of hydrogen-bond acceptors (Lipinski definition) is 4. The Kier molecular flexibility index (Phi) is 7.72. The van der Waals surface area contributed by atoms with Gasteiger partial charge in [0.1, 0.15) is 12.1 Å². The van der Waals surface area contributed by atoms with Crippen molar-refractivity contribution in [1.29, 1.82) is 0 Å². The Morgan fingerprint density at radius 1 is 0.884 bits per heavy atom. The summed E-state index contributed by atoms with van der Waals surface area (Å²) in [6, 6.07) is 16.4. The molecule has 4 N–H and O–H groups in total. The van der Waals surface area contributed by atoms with Gasteiger partial charge in [-0.2, -0.15) is 0 Å². The van der Waals surface area contributed by atoms with Gasteiger partial charge < -0.3 is 30.5 Å². The average Bonchev–Trinajstić information content (AvgIpc) is 3.63. The Labute approximate surface area is 256 Å². The van der Waals surface area contributed by atoms with Crippen molar-refractivity contribution in [3.63, 3.8) is 0 Å². The molecule has 4 amide bonds. The first kappa shape index (κ1) is 28.6. The quantitative estimate of drug-likeness (QED) is 0.225. The number of carboxylic acid groups (broad SMARTS) is 1. The number of anilines is 2. The molecule has 0 bridgehead atoms. The van der Waals surface area contributed by atoms with E-state index >= 15 is 0 Å². The third-order valence-electron chi connectivity index (χ3n) is 7.97. The number of likely N-dealkylation sites (tertiary alicyclic amines) is 1. The number of halogens is 2. The fourth-order valence-corrected chi connectivity index (χ4v) is 6.20. The number of amides is 4. The van der Waals surface area contributed by atoms with E-state index in [0.29, 0.717) is 30.1 Å². The van der Waals surface area contributed by atoms with Crippen molar-refractivity contribution in [3.05, 3.63) is 93.6 Å². The molecular weight excluding hydrogens is 593 g/mol. The van der Waals surface area contributed by atoms with Gasteiger partial charge in [0.2, 0.25) is 11.8 Å². The molecule has 12 heteroatoms. The highest BCUT2D eigenvalue weighted by Gasteiger charge is 2.43. The molecule has 2 atom stereocenters. The molecule has 6 rings (SSSR count). The Bertz CT molecular complexity index is 1770. The lowest BCUT2D eigenvalue weighted by atomic mass is 9.95. The van der Waals surface area contributed by atoms with Crippen molar-refractivity contribution in [2.45, 2.75) is 37.9 Å². The van der Waals surface area contributed by atoms with Gasteiger partial charge in [0.25, 0.3) is 0 Å². The smallest absolute Gasteiger partial charge is 0.337 e. The van der Waals surface area contributed by atoms with Crippen LogP contribution in [-0.2, 0) is 22.6 Å². The van der Waals surface area contributed by atoms with Gasteiger partial charge >= 0.3 is 12.0 Å². The highest BCUT2D eigenvalue weighted by Crippen LogP contribution is 2.33. The van der Waals surface area contributed by atoms with E-state index in [0.717, 1.165) is 22.2 Å². The minimum Gasteiger partial charge on any atom is -0.478 e. The van der Waals surface area contributed by atoms with Crippen molar-refractivity contribution in [1.82, 2.24) is 14.8 Å². The van der Waals surface area contributed by atoms with Gasteiger partial charge in [0.15, 0.2) is 0 Å². The lowest BCUT2D eigenvalue weighted by molar-refractivity contribution is -0.140. The molecule has 2 aliphatic heterocycles. The normalized spacial score (nSPS) is 17.9. The second kappa shape index (κ2) is 11.6. The van der Waals surface area contributed by atoms with Crippen LogP contribution in [0.15, 0.2) is 66.7 Å². The van der Waals surface area contributed by atoms with Gasteiger partial charge in [-0.05, 0) is 54.8 Å². The zero-order valence-corrected chi connectivity index (χ0v) is 24.3. The first-order chi connectivity index (χ1) is 20.7. The molecule has 0 radical (unpaired) electrons. The van der Waals surface area contributed by atoms with Crippen LogP contribution >= 0.6 is 23.2 Å². The van der Waals surface area contributed by atoms with E-state index in [-0.39, 0.29) is 35.1 Å². The Morgan fingerprint density at radius 3 is 2.44 bits per heavy atom. The zero-order chi connectivity index (χ0) is 30.2. The SMILES string of the molecule is O=C(O)c1ccccc1NC(=O)[C@H]1CCCN1C(=O)[C@H]1Cc2c([nH]c3ccccc23)CN1C(=O)Nc1ccc(Cl)c(Cl)c1. The lowest BCUT2D eigenvalue weighted by Crippen LogP contribution is -2.56. The van der Waals surface area contributed by atoms with E-state index < -0.39 is 30.0 Å². The predicted molar refractivity (Wildman–Crippen MR) is 164 cm³/mol. The van der Waals surface area contributed by atoms with Crippen LogP contribution in [0.1, 0.15) is 34.5 Å². The largest absolute Gasteiger partial charge is 0.478 e. The third-order valence-corrected chi connectivity index (χ3v) is 8.71. The van der Waals surface area contributed by atoms with E-state index in [1.165, 1.54) is 28.0 Å². The lowest BCUT2D eigenvalue weighted by Gasteiger charge is -2.38. The summed E-state index contributed by atoms with van der Waals surface area (Å²) in [5.41, 5.74) is 3.21. The van der Waals surface area contributed by atoms with E-state index in [2.05, 4.69) is 15.6 Å². The number of para-hydroxylation sites is 2. The van der Waals surface area contributed by atoms with Gasteiger partial charge in [0, 0.05) is 35.2 Å². The summed E-state index contributed by atoms with van der Waals surface area (Å²) in [4.78, 5) is 59.4. The van der Waals surface area contributed by atoms with Crippen LogP contribution < -0.4 is 10.6 Å². The minimum atomic E-state index is -1.17. The third kappa shape index (κ3) is 5.51. The highest BCUT2D eigenvalue weighted by atomic mass is 35.5. The molecule has 43 heavy (non-hydrogen) atoms. The molecule has 220 valence electrons. The summed E-state index contributed by atoms with van der Waals surface area (Å²) in [5, 5.41) is 16.7. The molecular formula is C31H27Cl2N5O5. The number of rotatable bonds is 5. The number of carbonyl (C=O) groups excluding carboxylic acids is 3. The number of aromatic amines is 1. The monoisotopic (exact) mass is 619 g/mol. The van der Waals surface area contributed by atoms with Gasteiger partial charge in [-0.3, -0.25) is 9.59 Å². The molecule has 0 aliphatic carbocycles. The van der Waals surface area contributed by atoms with E-state index in [9.17, 15) is 24.3 Å². The second-order valence-electron chi connectivity index (χ2n) is 10.6.